The highest BCUT2D eigenvalue weighted by molar-refractivity contribution is 7.99. The molecule has 0 radical (unpaired) electrons. The van der Waals surface area contributed by atoms with Crippen molar-refractivity contribution in [3.05, 3.63) is 41.6 Å². The number of rotatable bonds is 5. The number of ether oxygens (including phenoxy) is 2. The van der Waals surface area contributed by atoms with Crippen LogP contribution in [0.25, 0.3) is 0 Å². The summed E-state index contributed by atoms with van der Waals surface area (Å²) in [5.41, 5.74) is -0.388. The molecule has 2 aliphatic rings. The third kappa shape index (κ3) is 3.97. The van der Waals surface area contributed by atoms with Gasteiger partial charge in [0.25, 0.3) is 5.91 Å². The van der Waals surface area contributed by atoms with Crippen molar-refractivity contribution < 1.29 is 27.5 Å². The van der Waals surface area contributed by atoms with E-state index in [9.17, 15) is 18.0 Å². The van der Waals surface area contributed by atoms with Crippen LogP contribution in [0.2, 0.25) is 0 Å². The van der Waals surface area contributed by atoms with Crippen LogP contribution in [-0.2, 0) is 28.9 Å². The van der Waals surface area contributed by atoms with Gasteiger partial charge in [0.2, 0.25) is 0 Å². The molecule has 1 aromatic carbocycles. The largest absolute Gasteiger partial charge is 0.455 e. The molecule has 2 atom stereocenters. The van der Waals surface area contributed by atoms with Crippen molar-refractivity contribution in [3.63, 3.8) is 0 Å². The Bertz CT molecular complexity index is 917. The highest BCUT2D eigenvalue weighted by Gasteiger charge is 2.60. The van der Waals surface area contributed by atoms with Gasteiger partial charge < -0.3 is 9.47 Å². The van der Waals surface area contributed by atoms with E-state index in [0.717, 1.165) is 9.80 Å². The first-order chi connectivity index (χ1) is 13.0. The number of carbonyl (C=O) groups excluding carboxylic acids is 2. The fourth-order valence-electron chi connectivity index (χ4n) is 3.17. The maximum Gasteiger partial charge on any atom is 0.355 e. The number of amides is 1. The Morgan fingerprint density at radius 1 is 1.25 bits per heavy atom. The summed E-state index contributed by atoms with van der Waals surface area (Å²) in [7, 11) is -2.40. The van der Waals surface area contributed by atoms with Gasteiger partial charge in [0.05, 0.1) is 5.75 Å². The van der Waals surface area contributed by atoms with Crippen molar-refractivity contribution in [2.24, 2.45) is 0 Å². The zero-order chi connectivity index (χ0) is 20.7. The van der Waals surface area contributed by atoms with Gasteiger partial charge >= 0.3 is 5.97 Å². The van der Waals surface area contributed by atoms with E-state index in [4.69, 9.17) is 9.47 Å². The molecule has 0 N–H and O–H groups in total. The quantitative estimate of drug-likeness (QED) is 0.405. The van der Waals surface area contributed by atoms with Gasteiger partial charge in [0.1, 0.15) is 11.3 Å². The summed E-state index contributed by atoms with van der Waals surface area (Å²) in [5, 5.41) is -1.18. The summed E-state index contributed by atoms with van der Waals surface area (Å²) in [6, 6.07) is 9.43. The highest BCUT2D eigenvalue weighted by atomic mass is 32.2. The molecule has 1 aromatic rings. The first kappa shape index (κ1) is 20.9. The molecular weight excluding hydrogens is 402 g/mol. The first-order valence-electron chi connectivity index (χ1n) is 8.76. The number of benzene rings is 1. The fraction of sp³-hybridized carbons (Fsp3) is 0.474. The zero-order valence-corrected chi connectivity index (χ0v) is 17.8. The summed E-state index contributed by atoms with van der Waals surface area (Å²) in [5.74, 6) is -1.29. The highest BCUT2D eigenvalue weighted by Crippen LogP contribution is 2.40. The summed E-state index contributed by atoms with van der Waals surface area (Å²) in [6.07, 6.45) is -1.09. The van der Waals surface area contributed by atoms with Crippen molar-refractivity contribution in [3.8, 4) is 0 Å². The van der Waals surface area contributed by atoms with E-state index in [-0.39, 0.29) is 17.2 Å². The van der Waals surface area contributed by atoms with Gasteiger partial charge in [-0.2, -0.15) is 0 Å². The Morgan fingerprint density at radius 3 is 2.46 bits per heavy atom. The van der Waals surface area contributed by atoms with Crippen LogP contribution in [0.3, 0.4) is 0 Å². The van der Waals surface area contributed by atoms with E-state index >= 15 is 0 Å². The van der Waals surface area contributed by atoms with Gasteiger partial charge in [-0.3, -0.25) is 9.69 Å². The van der Waals surface area contributed by atoms with Crippen LogP contribution in [0.5, 0.6) is 0 Å². The molecule has 152 valence electrons. The molecule has 9 heteroatoms. The van der Waals surface area contributed by atoms with Crippen LogP contribution in [0.4, 0.5) is 0 Å². The maximum atomic E-state index is 12.9. The molecule has 2 heterocycles. The van der Waals surface area contributed by atoms with E-state index in [2.05, 4.69) is 0 Å². The smallest absolute Gasteiger partial charge is 0.355 e. The number of β-lactam (4-membered cyclic amide) rings is 1. The molecule has 0 spiro atoms. The summed E-state index contributed by atoms with van der Waals surface area (Å²) in [4.78, 5) is 27.3. The molecule has 0 saturated carbocycles. The van der Waals surface area contributed by atoms with Crippen molar-refractivity contribution in [1.82, 2.24) is 4.90 Å². The Labute approximate surface area is 169 Å². The number of carbonyl (C=O) groups is 2. The first-order valence-corrected chi connectivity index (χ1v) is 11.5. The Kier molecular flexibility index (Phi) is 5.62. The van der Waals surface area contributed by atoms with E-state index in [0.29, 0.717) is 5.57 Å². The Hall–Kier alpha value is -1.84. The number of hydrogen-bond donors (Lipinski definition) is 0. The lowest BCUT2D eigenvalue weighted by atomic mass is 10.1. The second-order valence-corrected chi connectivity index (χ2v) is 10.8. The van der Waals surface area contributed by atoms with E-state index in [1.165, 1.54) is 18.9 Å². The van der Waals surface area contributed by atoms with Crippen LogP contribution in [0.15, 0.2) is 46.5 Å². The van der Waals surface area contributed by atoms with Crippen molar-refractivity contribution in [2.75, 3.05) is 18.6 Å². The lowest BCUT2D eigenvalue weighted by molar-refractivity contribution is -0.167. The van der Waals surface area contributed by atoms with Gasteiger partial charge in [-0.25, -0.2) is 13.2 Å². The number of sulfone groups is 1. The predicted octanol–water partition coefficient (Wildman–Crippen LogP) is 1.99. The average molecular weight is 426 g/mol. The van der Waals surface area contributed by atoms with Crippen LogP contribution >= 0.6 is 11.8 Å². The number of hydrogen-bond acceptors (Lipinski definition) is 7. The van der Waals surface area contributed by atoms with Crippen LogP contribution in [0.1, 0.15) is 20.8 Å². The SMILES string of the molecule is CO[C@@H]1C(=O)N2C(C(=O)OC(C)(C)C)=C(CSc3ccccc3)CS(=O)(=O)C12. The topological polar surface area (TPSA) is 90.0 Å². The van der Waals surface area contributed by atoms with Gasteiger partial charge in [0, 0.05) is 17.8 Å². The average Bonchev–Trinajstić information content (AvgIpc) is 2.59. The van der Waals surface area contributed by atoms with Gasteiger partial charge in [-0.05, 0) is 38.5 Å². The standard InChI is InChI=1S/C19H23NO6S2/c1-19(2,3)26-18(22)14-12(10-27-13-8-6-5-7-9-13)11-28(23,24)17-15(25-4)16(21)20(14)17/h5-9,15,17H,10-11H2,1-4H3/t15-,17?/m1/s1. The third-order valence-corrected chi connectivity index (χ3v) is 7.36. The maximum absolute atomic E-state index is 12.9. The summed E-state index contributed by atoms with van der Waals surface area (Å²) >= 11 is 1.40. The summed E-state index contributed by atoms with van der Waals surface area (Å²) < 4.78 is 36.0. The fourth-order valence-corrected chi connectivity index (χ4v) is 6.26. The van der Waals surface area contributed by atoms with Gasteiger partial charge in [-0.15, -0.1) is 11.8 Å². The number of esters is 1. The number of methoxy groups -OCH3 is 1. The summed E-state index contributed by atoms with van der Waals surface area (Å²) in [6.45, 7) is 5.16. The molecule has 1 saturated heterocycles. The molecule has 3 rings (SSSR count). The monoisotopic (exact) mass is 425 g/mol. The van der Waals surface area contributed by atoms with Gasteiger partial charge in [-0.1, -0.05) is 18.2 Å². The normalized spacial score (nSPS) is 23.9. The molecule has 28 heavy (non-hydrogen) atoms. The molecular formula is C19H23NO6S2. The molecule has 1 unspecified atom stereocenters. The molecule has 1 fully saturated rings. The number of fused-ring (bicyclic) bond motifs is 1. The van der Waals surface area contributed by atoms with Crippen molar-refractivity contribution in [1.29, 1.82) is 0 Å². The predicted molar refractivity (Wildman–Crippen MR) is 105 cm³/mol. The van der Waals surface area contributed by atoms with Crippen LogP contribution in [-0.4, -0.2) is 60.9 Å². The Balaban J connectivity index is 1.99. The van der Waals surface area contributed by atoms with E-state index in [1.54, 1.807) is 20.8 Å². The van der Waals surface area contributed by atoms with E-state index < -0.39 is 38.8 Å². The number of thioether (sulfide) groups is 1. The van der Waals surface area contributed by atoms with Crippen molar-refractivity contribution in [2.45, 2.75) is 42.7 Å². The minimum absolute atomic E-state index is 0.0245. The minimum atomic E-state index is -3.68. The molecule has 0 bridgehead atoms. The second-order valence-electron chi connectivity index (χ2n) is 7.62. The van der Waals surface area contributed by atoms with E-state index in [1.807, 2.05) is 30.3 Å². The van der Waals surface area contributed by atoms with Crippen LogP contribution < -0.4 is 0 Å². The minimum Gasteiger partial charge on any atom is -0.455 e. The van der Waals surface area contributed by atoms with Crippen molar-refractivity contribution >= 4 is 33.5 Å². The molecule has 2 aliphatic heterocycles. The third-order valence-electron chi connectivity index (χ3n) is 4.32. The van der Waals surface area contributed by atoms with Crippen LogP contribution in [0, 0.1) is 0 Å². The molecule has 1 amide bonds. The lowest BCUT2D eigenvalue weighted by Gasteiger charge is -2.48. The molecule has 0 aromatic heterocycles. The lowest BCUT2D eigenvalue weighted by Crippen LogP contribution is -2.70. The second kappa shape index (κ2) is 7.53. The van der Waals surface area contributed by atoms with Gasteiger partial charge in [0.15, 0.2) is 21.3 Å². The Morgan fingerprint density at radius 2 is 1.89 bits per heavy atom. The molecule has 7 nitrogen and oxygen atoms in total. The zero-order valence-electron chi connectivity index (χ0n) is 16.2. The molecule has 0 aliphatic carbocycles. The number of nitrogens with zero attached hydrogens (tertiary/aromatic N) is 1.